The number of nitrogens with zero attached hydrogens (tertiary/aromatic N) is 2. The summed E-state index contributed by atoms with van der Waals surface area (Å²) in [7, 11) is 1.76. The molecule has 0 aromatic carbocycles. The maximum atomic E-state index is 12.0. The number of alkyl halides is 3. The lowest BCUT2D eigenvalue weighted by Gasteiger charge is -2.18. The third-order valence-electron chi connectivity index (χ3n) is 3.09. The van der Waals surface area contributed by atoms with Crippen LogP contribution in [0.25, 0.3) is 0 Å². The zero-order chi connectivity index (χ0) is 16.0. The normalized spacial score (nSPS) is 13.7. The van der Waals surface area contributed by atoms with Crippen LogP contribution in [0.5, 0.6) is 0 Å². The second kappa shape index (κ2) is 8.00. The summed E-state index contributed by atoms with van der Waals surface area (Å²) in [6.45, 7) is 3.37. The molecular weight excluding hydrogens is 307 g/mol. The fraction of sp³-hybridized carbons (Fsp3) is 0.769. The van der Waals surface area contributed by atoms with Crippen LogP contribution < -0.4 is 5.32 Å². The van der Waals surface area contributed by atoms with Gasteiger partial charge in [0.2, 0.25) is 0 Å². The fourth-order valence-corrected chi connectivity index (χ4v) is 2.38. The van der Waals surface area contributed by atoms with Crippen molar-refractivity contribution in [2.45, 2.75) is 38.9 Å². The third-order valence-corrected chi connectivity index (χ3v) is 3.56. The highest BCUT2D eigenvalue weighted by atomic mass is 35.5. The predicted octanol–water partition coefficient (Wildman–Crippen LogP) is 2.87. The van der Waals surface area contributed by atoms with Crippen LogP contribution in [0.4, 0.5) is 13.2 Å². The Morgan fingerprint density at radius 2 is 2.10 bits per heavy atom. The van der Waals surface area contributed by atoms with Crippen molar-refractivity contribution < 1.29 is 17.9 Å². The van der Waals surface area contributed by atoms with Crippen molar-refractivity contribution in [2.24, 2.45) is 7.05 Å². The average Bonchev–Trinajstić information content (AvgIpc) is 2.60. The summed E-state index contributed by atoms with van der Waals surface area (Å²) in [4.78, 5) is 0. The Balaban J connectivity index is 2.53. The van der Waals surface area contributed by atoms with Crippen molar-refractivity contribution in [1.82, 2.24) is 15.1 Å². The first-order valence-electron chi connectivity index (χ1n) is 6.80. The van der Waals surface area contributed by atoms with E-state index in [1.54, 1.807) is 11.7 Å². The smallest absolute Gasteiger partial charge is 0.372 e. The van der Waals surface area contributed by atoms with Gasteiger partial charge in [0, 0.05) is 25.3 Å². The zero-order valence-corrected chi connectivity index (χ0v) is 13.2. The largest absolute Gasteiger partial charge is 0.411 e. The van der Waals surface area contributed by atoms with Gasteiger partial charge in [-0.25, -0.2) is 0 Å². The molecule has 0 saturated carbocycles. The van der Waals surface area contributed by atoms with E-state index in [0.29, 0.717) is 18.0 Å². The highest BCUT2D eigenvalue weighted by Crippen LogP contribution is 2.21. The van der Waals surface area contributed by atoms with Gasteiger partial charge in [0.25, 0.3) is 0 Å². The number of halogens is 4. The molecule has 0 radical (unpaired) electrons. The molecule has 122 valence electrons. The Hall–Kier alpha value is -0.790. The topological polar surface area (TPSA) is 39.1 Å². The van der Waals surface area contributed by atoms with Crippen molar-refractivity contribution in [2.75, 3.05) is 19.8 Å². The standard InChI is InChI=1S/C13H21ClF3N3O/c1-4-18-10(5-6-21-8-13(15,16)17)7-11-9(2)19-20(3)12(11)14/h10,18H,4-8H2,1-3H3. The summed E-state index contributed by atoms with van der Waals surface area (Å²) in [5.41, 5.74) is 1.75. The van der Waals surface area contributed by atoms with Gasteiger partial charge < -0.3 is 10.1 Å². The second-order valence-corrected chi connectivity index (χ2v) is 5.25. The quantitative estimate of drug-likeness (QED) is 0.746. The van der Waals surface area contributed by atoms with Gasteiger partial charge in [-0.2, -0.15) is 18.3 Å². The number of likely N-dealkylation sites (N-methyl/N-ethyl adjacent to an activating group) is 1. The molecule has 1 aromatic rings. The van der Waals surface area contributed by atoms with Gasteiger partial charge in [0.1, 0.15) is 11.8 Å². The van der Waals surface area contributed by atoms with Crippen LogP contribution >= 0.6 is 11.6 Å². The molecule has 0 saturated heterocycles. The summed E-state index contributed by atoms with van der Waals surface area (Å²) in [5, 5.41) is 8.03. The number of nitrogens with one attached hydrogen (secondary N) is 1. The molecule has 0 amide bonds. The van der Waals surface area contributed by atoms with Gasteiger partial charge in [-0.1, -0.05) is 18.5 Å². The van der Waals surface area contributed by atoms with Crippen LogP contribution in [-0.2, 0) is 18.2 Å². The van der Waals surface area contributed by atoms with Crippen LogP contribution in [0.3, 0.4) is 0 Å². The number of aromatic nitrogens is 2. The number of aryl methyl sites for hydroxylation is 2. The van der Waals surface area contributed by atoms with Gasteiger partial charge in [0.15, 0.2) is 0 Å². The molecule has 1 rings (SSSR count). The van der Waals surface area contributed by atoms with E-state index in [1.807, 2.05) is 13.8 Å². The molecule has 0 spiro atoms. The SMILES string of the molecule is CCNC(CCOCC(F)(F)F)Cc1c(C)nn(C)c1Cl. The lowest BCUT2D eigenvalue weighted by atomic mass is 10.0. The molecule has 0 aliphatic heterocycles. The first kappa shape index (κ1) is 18.3. The molecule has 1 N–H and O–H groups in total. The summed E-state index contributed by atoms with van der Waals surface area (Å²) < 4.78 is 42.3. The van der Waals surface area contributed by atoms with Crippen molar-refractivity contribution in [3.8, 4) is 0 Å². The summed E-state index contributed by atoms with van der Waals surface area (Å²) in [6.07, 6.45) is -3.19. The van der Waals surface area contributed by atoms with Crippen LogP contribution in [0.1, 0.15) is 24.6 Å². The van der Waals surface area contributed by atoms with Crippen LogP contribution in [0.2, 0.25) is 5.15 Å². The van der Waals surface area contributed by atoms with Crippen molar-refractivity contribution in [1.29, 1.82) is 0 Å². The van der Waals surface area contributed by atoms with Crippen LogP contribution in [0.15, 0.2) is 0 Å². The Bertz CT molecular complexity index is 449. The van der Waals surface area contributed by atoms with Crippen molar-refractivity contribution in [3.05, 3.63) is 16.4 Å². The minimum atomic E-state index is -4.28. The summed E-state index contributed by atoms with van der Waals surface area (Å²) in [6, 6.07) is 0.00336. The Morgan fingerprint density at radius 1 is 1.43 bits per heavy atom. The van der Waals surface area contributed by atoms with Gasteiger partial charge in [-0.15, -0.1) is 0 Å². The van der Waals surface area contributed by atoms with Crippen molar-refractivity contribution in [3.63, 3.8) is 0 Å². The highest BCUT2D eigenvalue weighted by molar-refractivity contribution is 6.30. The van der Waals surface area contributed by atoms with Gasteiger partial charge in [0.05, 0.1) is 5.69 Å². The predicted molar refractivity (Wildman–Crippen MR) is 75.6 cm³/mol. The lowest BCUT2D eigenvalue weighted by molar-refractivity contribution is -0.174. The van der Waals surface area contributed by atoms with E-state index in [-0.39, 0.29) is 12.6 Å². The molecule has 0 fully saturated rings. The molecule has 1 atom stereocenters. The van der Waals surface area contributed by atoms with E-state index in [4.69, 9.17) is 11.6 Å². The van der Waals surface area contributed by atoms with Crippen molar-refractivity contribution >= 4 is 11.6 Å². The molecule has 1 heterocycles. The Kier molecular flexibility index (Phi) is 6.96. The molecule has 21 heavy (non-hydrogen) atoms. The van der Waals surface area contributed by atoms with Gasteiger partial charge in [-0.05, 0) is 26.3 Å². The first-order valence-corrected chi connectivity index (χ1v) is 7.18. The molecule has 0 bridgehead atoms. The zero-order valence-electron chi connectivity index (χ0n) is 12.4. The number of hydrogen-bond acceptors (Lipinski definition) is 3. The monoisotopic (exact) mass is 327 g/mol. The lowest BCUT2D eigenvalue weighted by Crippen LogP contribution is -2.33. The molecule has 8 heteroatoms. The molecule has 1 aromatic heterocycles. The minimum absolute atomic E-state index is 0.00336. The Labute approximate surface area is 127 Å². The molecule has 0 aliphatic carbocycles. The Morgan fingerprint density at radius 3 is 2.57 bits per heavy atom. The van der Waals surface area contributed by atoms with E-state index < -0.39 is 12.8 Å². The first-order chi connectivity index (χ1) is 9.74. The molecule has 4 nitrogen and oxygen atoms in total. The van der Waals surface area contributed by atoms with E-state index in [2.05, 4.69) is 15.2 Å². The van der Waals surface area contributed by atoms with E-state index in [9.17, 15) is 13.2 Å². The fourth-order valence-electron chi connectivity index (χ4n) is 2.13. The maximum absolute atomic E-state index is 12.0. The highest BCUT2D eigenvalue weighted by Gasteiger charge is 2.27. The van der Waals surface area contributed by atoms with Gasteiger partial charge in [-0.3, -0.25) is 4.68 Å². The third kappa shape index (κ3) is 6.23. The van der Waals surface area contributed by atoms with Gasteiger partial charge >= 0.3 is 6.18 Å². The van der Waals surface area contributed by atoms with E-state index in [0.717, 1.165) is 17.8 Å². The summed E-state index contributed by atoms with van der Waals surface area (Å²) >= 11 is 6.17. The maximum Gasteiger partial charge on any atom is 0.411 e. The number of ether oxygens (including phenoxy) is 1. The summed E-state index contributed by atoms with van der Waals surface area (Å²) in [5.74, 6) is 0. The second-order valence-electron chi connectivity index (χ2n) is 4.89. The van der Waals surface area contributed by atoms with E-state index in [1.165, 1.54) is 0 Å². The van der Waals surface area contributed by atoms with Crippen LogP contribution in [-0.4, -0.2) is 41.8 Å². The number of hydrogen-bond donors (Lipinski definition) is 1. The van der Waals surface area contributed by atoms with Crippen LogP contribution in [0, 0.1) is 6.92 Å². The molecule has 0 aliphatic rings. The average molecular weight is 328 g/mol. The molecule has 1 unspecified atom stereocenters. The number of rotatable bonds is 8. The molecular formula is C13H21ClF3N3O. The van der Waals surface area contributed by atoms with E-state index >= 15 is 0 Å². The minimum Gasteiger partial charge on any atom is -0.372 e.